The smallest absolute Gasteiger partial charge is 0.319 e. The van der Waals surface area contributed by atoms with Gasteiger partial charge in [0.1, 0.15) is 5.75 Å². The largest absolute Gasteiger partial charge is 0.508 e. The van der Waals surface area contributed by atoms with E-state index in [2.05, 4.69) is 33.1 Å². The summed E-state index contributed by atoms with van der Waals surface area (Å²) in [7, 11) is 0. The van der Waals surface area contributed by atoms with Crippen LogP contribution in [0.4, 0.5) is 10.5 Å². The van der Waals surface area contributed by atoms with E-state index in [1.807, 2.05) is 55.5 Å². The van der Waals surface area contributed by atoms with Crippen molar-refractivity contribution in [2.45, 2.75) is 44.1 Å². The fourth-order valence-corrected chi connectivity index (χ4v) is 5.64. The zero-order valence-electron chi connectivity index (χ0n) is 22.7. The molecule has 4 atom stereocenters. The average molecular weight is 577 g/mol. The van der Waals surface area contributed by atoms with Crippen LogP contribution in [0.15, 0.2) is 78.0 Å². The van der Waals surface area contributed by atoms with E-state index in [4.69, 9.17) is 9.47 Å². The van der Waals surface area contributed by atoms with Gasteiger partial charge in [-0.15, -0.1) is 5.10 Å². The number of phenols is 1. The van der Waals surface area contributed by atoms with Crippen molar-refractivity contribution in [3.05, 3.63) is 89.5 Å². The third kappa shape index (κ3) is 6.85. The Morgan fingerprint density at radius 3 is 2.56 bits per heavy atom. The minimum atomic E-state index is -0.691. The minimum absolute atomic E-state index is 0.0339. The van der Waals surface area contributed by atoms with Gasteiger partial charge in [0.05, 0.1) is 24.5 Å². The zero-order chi connectivity index (χ0) is 28.8. The quantitative estimate of drug-likeness (QED) is 0.210. The standard InChI is InChI=1S/C29H32N6O5S/c1-3-30-28(38)31-22-6-4-5-21(15-22)27-39-25(18(2)26(40-27)20-9-7-19(16-36)8-10-20)17-41-29-32-33-34-35(29)23-11-13-24(37)14-12-23/h4-15,18,25-27,36-37H,3,16-17H2,1-2H3,(H2,30,31,38)/t18-,25+,26+,27+/m1/s1. The molecule has 1 aliphatic rings. The highest BCUT2D eigenvalue weighted by atomic mass is 32.2. The molecule has 5 rings (SSSR count). The van der Waals surface area contributed by atoms with Crippen LogP contribution < -0.4 is 10.6 Å². The van der Waals surface area contributed by atoms with Crippen LogP contribution in [0.5, 0.6) is 5.75 Å². The summed E-state index contributed by atoms with van der Waals surface area (Å²) in [6.07, 6.45) is -1.23. The van der Waals surface area contributed by atoms with E-state index in [1.54, 1.807) is 28.9 Å². The predicted molar refractivity (Wildman–Crippen MR) is 154 cm³/mol. The van der Waals surface area contributed by atoms with E-state index >= 15 is 0 Å². The normalized spacial score (nSPS) is 20.5. The van der Waals surface area contributed by atoms with Crippen molar-refractivity contribution in [2.24, 2.45) is 5.92 Å². The fourth-order valence-electron chi connectivity index (χ4n) is 4.59. The molecule has 1 fully saturated rings. The predicted octanol–water partition coefficient (Wildman–Crippen LogP) is 4.59. The van der Waals surface area contributed by atoms with E-state index in [0.29, 0.717) is 23.1 Å². The maximum absolute atomic E-state index is 12.1. The number of phenolic OH excluding ortho intramolecular Hbond substituents is 1. The van der Waals surface area contributed by atoms with Gasteiger partial charge in [0.25, 0.3) is 0 Å². The number of benzene rings is 3. The number of urea groups is 1. The maximum atomic E-state index is 12.1. The molecule has 214 valence electrons. The lowest BCUT2D eigenvalue weighted by atomic mass is 9.91. The first-order valence-electron chi connectivity index (χ1n) is 13.3. The molecule has 2 heterocycles. The first kappa shape index (κ1) is 28.6. The minimum Gasteiger partial charge on any atom is -0.508 e. The van der Waals surface area contributed by atoms with Crippen LogP contribution in [-0.2, 0) is 16.1 Å². The van der Waals surface area contributed by atoms with Crippen molar-refractivity contribution in [3.8, 4) is 11.4 Å². The summed E-state index contributed by atoms with van der Waals surface area (Å²) in [6.45, 7) is 4.43. The number of carbonyl (C=O) groups excluding carboxylic acids is 1. The van der Waals surface area contributed by atoms with Crippen LogP contribution in [-0.4, -0.2) is 54.9 Å². The van der Waals surface area contributed by atoms with Crippen molar-refractivity contribution in [1.29, 1.82) is 0 Å². The van der Waals surface area contributed by atoms with Gasteiger partial charge in [-0.1, -0.05) is 55.1 Å². The van der Waals surface area contributed by atoms with Gasteiger partial charge in [-0.3, -0.25) is 0 Å². The lowest BCUT2D eigenvalue weighted by Crippen LogP contribution is -2.38. The molecule has 1 saturated heterocycles. The second kappa shape index (κ2) is 13.1. The Labute approximate surface area is 241 Å². The molecule has 4 N–H and O–H groups in total. The molecule has 0 spiro atoms. The van der Waals surface area contributed by atoms with Gasteiger partial charge < -0.3 is 30.3 Å². The number of aromatic hydroxyl groups is 1. The average Bonchev–Trinajstić information content (AvgIpc) is 3.46. The second-order valence-electron chi connectivity index (χ2n) is 9.63. The van der Waals surface area contributed by atoms with Crippen LogP contribution in [0, 0.1) is 5.92 Å². The van der Waals surface area contributed by atoms with Crippen LogP contribution in [0.3, 0.4) is 0 Å². The van der Waals surface area contributed by atoms with Crippen LogP contribution in [0.1, 0.15) is 42.9 Å². The van der Waals surface area contributed by atoms with E-state index in [0.717, 1.165) is 22.4 Å². The SMILES string of the molecule is CCNC(=O)Nc1cccc([C@H]2O[C@@H](CSc3nnnn3-c3ccc(O)cc3)[C@@H](C)[C@@H](c3ccc(CO)cc3)O2)c1. The molecule has 11 nitrogen and oxygen atoms in total. The zero-order valence-corrected chi connectivity index (χ0v) is 23.5. The van der Waals surface area contributed by atoms with Gasteiger partial charge in [-0.25, -0.2) is 4.79 Å². The molecule has 1 aliphatic heterocycles. The second-order valence-corrected chi connectivity index (χ2v) is 10.6. The first-order valence-corrected chi connectivity index (χ1v) is 14.3. The topological polar surface area (TPSA) is 144 Å². The highest BCUT2D eigenvalue weighted by Crippen LogP contribution is 2.43. The molecular formula is C29H32N6O5S. The maximum Gasteiger partial charge on any atom is 0.319 e. The van der Waals surface area contributed by atoms with Gasteiger partial charge in [-0.05, 0) is 64.9 Å². The lowest BCUT2D eigenvalue weighted by molar-refractivity contribution is -0.268. The van der Waals surface area contributed by atoms with Crippen molar-refractivity contribution < 1.29 is 24.5 Å². The summed E-state index contributed by atoms with van der Waals surface area (Å²) in [5, 5.41) is 37.5. The Kier molecular flexibility index (Phi) is 9.14. The van der Waals surface area contributed by atoms with Gasteiger partial charge in [-0.2, -0.15) is 4.68 Å². The van der Waals surface area contributed by atoms with Crippen molar-refractivity contribution >= 4 is 23.5 Å². The summed E-state index contributed by atoms with van der Waals surface area (Å²) >= 11 is 1.47. The number of nitrogens with one attached hydrogen (secondary N) is 2. The van der Waals surface area contributed by atoms with E-state index < -0.39 is 6.29 Å². The van der Waals surface area contributed by atoms with Crippen LogP contribution in [0.25, 0.3) is 5.69 Å². The summed E-state index contributed by atoms with van der Waals surface area (Å²) in [5.74, 6) is 0.671. The molecule has 12 heteroatoms. The first-order chi connectivity index (χ1) is 19.9. The van der Waals surface area contributed by atoms with E-state index in [1.165, 1.54) is 11.8 Å². The molecular weight excluding hydrogens is 544 g/mol. The van der Waals surface area contributed by atoms with Gasteiger partial charge in [0.2, 0.25) is 5.16 Å². The Hall–Kier alpha value is -3.97. The highest BCUT2D eigenvalue weighted by molar-refractivity contribution is 7.99. The molecule has 41 heavy (non-hydrogen) atoms. The molecule has 3 aromatic carbocycles. The van der Waals surface area contributed by atoms with Crippen LogP contribution in [0.2, 0.25) is 0 Å². The number of rotatable bonds is 9. The highest BCUT2D eigenvalue weighted by Gasteiger charge is 2.38. The summed E-state index contributed by atoms with van der Waals surface area (Å²) in [5.41, 5.74) is 3.92. The number of aromatic nitrogens is 4. The van der Waals surface area contributed by atoms with Crippen molar-refractivity contribution in [3.63, 3.8) is 0 Å². The number of ether oxygens (including phenoxy) is 2. The molecule has 1 aromatic heterocycles. The van der Waals surface area contributed by atoms with Crippen LogP contribution >= 0.6 is 11.8 Å². The number of hydrogen-bond donors (Lipinski definition) is 4. The number of aliphatic hydroxyl groups excluding tert-OH is 1. The molecule has 4 aromatic rings. The molecule has 0 aliphatic carbocycles. The Morgan fingerprint density at radius 2 is 1.83 bits per heavy atom. The van der Waals surface area contributed by atoms with E-state index in [-0.39, 0.29) is 36.5 Å². The summed E-state index contributed by atoms with van der Waals surface area (Å²) < 4.78 is 14.7. The molecule has 0 saturated carbocycles. The third-order valence-corrected chi connectivity index (χ3v) is 7.80. The molecule has 0 radical (unpaired) electrons. The van der Waals surface area contributed by atoms with Gasteiger partial charge in [0, 0.05) is 29.5 Å². The summed E-state index contributed by atoms with van der Waals surface area (Å²) in [6, 6.07) is 21.5. The molecule has 0 unspecified atom stereocenters. The van der Waals surface area contributed by atoms with Crippen molar-refractivity contribution in [1.82, 2.24) is 25.5 Å². The Morgan fingerprint density at radius 1 is 1.05 bits per heavy atom. The molecule has 2 amide bonds. The third-order valence-electron chi connectivity index (χ3n) is 6.79. The summed E-state index contributed by atoms with van der Waals surface area (Å²) in [4.78, 5) is 12.1. The number of anilines is 1. The monoisotopic (exact) mass is 576 g/mol. The van der Waals surface area contributed by atoms with Gasteiger partial charge >= 0.3 is 6.03 Å². The number of thioether (sulfide) groups is 1. The fraction of sp³-hybridized carbons (Fsp3) is 0.310. The Bertz CT molecular complexity index is 1450. The Balaban J connectivity index is 1.39. The van der Waals surface area contributed by atoms with E-state index in [9.17, 15) is 15.0 Å². The number of hydrogen-bond acceptors (Lipinski definition) is 9. The number of amides is 2. The van der Waals surface area contributed by atoms with Crippen molar-refractivity contribution in [2.75, 3.05) is 17.6 Å². The number of carbonyl (C=O) groups is 1. The lowest BCUT2D eigenvalue weighted by Gasteiger charge is -2.41. The number of aliphatic hydroxyl groups is 1. The van der Waals surface area contributed by atoms with Gasteiger partial charge in [0.15, 0.2) is 6.29 Å². The number of tetrazole rings is 1. The molecule has 0 bridgehead atoms. The number of nitrogens with zero attached hydrogens (tertiary/aromatic N) is 4.